The van der Waals surface area contributed by atoms with Crippen LogP contribution in [0.5, 0.6) is 0 Å². The fraction of sp³-hybridized carbons (Fsp3) is 0.286. The highest BCUT2D eigenvalue weighted by Gasteiger charge is 2.16. The summed E-state index contributed by atoms with van der Waals surface area (Å²) < 4.78 is 24.3. The molecule has 0 saturated heterocycles. The SMILES string of the molecule is O=c1cc(CO)[nH]c(Br)c1C(F)F. The molecule has 0 fully saturated rings. The van der Waals surface area contributed by atoms with Crippen LogP contribution >= 0.6 is 15.9 Å². The van der Waals surface area contributed by atoms with E-state index in [0.29, 0.717) is 0 Å². The summed E-state index contributed by atoms with van der Waals surface area (Å²) in [5.74, 6) is 0. The molecule has 13 heavy (non-hydrogen) atoms. The summed E-state index contributed by atoms with van der Waals surface area (Å²) in [7, 11) is 0. The predicted molar refractivity (Wildman–Crippen MR) is 45.6 cm³/mol. The third-order valence-electron chi connectivity index (χ3n) is 1.47. The predicted octanol–water partition coefficient (Wildman–Crippen LogP) is 1.57. The Morgan fingerprint density at radius 1 is 1.62 bits per heavy atom. The Bertz CT molecular complexity index is 364. The highest BCUT2D eigenvalue weighted by molar-refractivity contribution is 9.10. The smallest absolute Gasteiger partial charge is 0.270 e. The van der Waals surface area contributed by atoms with E-state index in [2.05, 4.69) is 20.9 Å². The molecule has 1 rings (SSSR count). The molecule has 3 nitrogen and oxygen atoms in total. The summed E-state index contributed by atoms with van der Waals surface area (Å²) in [6.45, 7) is -0.392. The van der Waals surface area contributed by atoms with Gasteiger partial charge < -0.3 is 10.1 Å². The molecule has 0 radical (unpaired) electrons. The maximum absolute atomic E-state index is 12.2. The number of hydrogen-bond acceptors (Lipinski definition) is 2. The Morgan fingerprint density at radius 3 is 2.62 bits per heavy atom. The van der Waals surface area contributed by atoms with Crippen molar-refractivity contribution in [3.63, 3.8) is 0 Å². The average molecular weight is 254 g/mol. The number of pyridine rings is 1. The van der Waals surface area contributed by atoms with Crippen LogP contribution in [-0.2, 0) is 6.61 Å². The Kier molecular flexibility index (Phi) is 3.16. The van der Waals surface area contributed by atoms with E-state index in [1.807, 2.05) is 0 Å². The van der Waals surface area contributed by atoms with E-state index in [1.165, 1.54) is 0 Å². The molecule has 1 aromatic heterocycles. The quantitative estimate of drug-likeness (QED) is 0.787. The summed E-state index contributed by atoms with van der Waals surface area (Å²) in [6.07, 6.45) is -2.83. The summed E-state index contributed by atoms with van der Waals surface area (Å²) in [4.78, 5) is 13.5. The van der Waals surface area contributed by atoms with Crippen LogP contribution in [0.1, 0.15) is 17.7 Å². The molecule has 0 atom stereocenters. The number of aliphatic hydroxyl groups is 1. The van der Waals surface area contributed by atoms with Crippen LogP contribution in [0.15, 0.2) is 15.5 Å². The topological polar surface area (TPSA) is 53.1 Å². The maximum Gasteiger partial charge on any atom is 0.270 e. The Morgan fingerprint density at radius 2 is 2.23 bits per heavy atom. The molecule has 0 saturated carbocycles. The zero-order valence-corrected chi connectivity index (χ0v) is 7.94. The van der Waals surface area contributed by atoms with Gasteiger partial charge in [-0.05, 0) is 15.9 Å². The Labute approximate surface area is 80.5 Å². The van der Waals surface area contributed by atoms with Crippen molar-refractivity contribution < 1.29 is 13.9 Å². The number of alkyl halides is 2. The highest BCUT2D eigenvalue weighted by Crippen LogP contribution is 2.22. The molecule has 6 heteroatoms. The minimum absolute atomic E-state index is 0.0842. The zero-order valence-electron chi connectivity index (χ0n) is 6.35. The van der Waals surface area contributed by atoms with Gasteiger partial charge in [0.2, 0.25) is 0 Å². The van der Waals surface area contributed by atoms with E-state index in [9.17, 15) is 13.6 Å². The van der Waals surface area contributed by atoms with Crippen molar-refractivity contribution >= 4 is 15.9 Å². The highest BCUT2D eigenvalue weighted by atomic mass is 79.9. The summed E-state index contributed by atoms with van der Waals surface area (Å²) in [5, 5.41) is 8.64. The Balaban J connectivity index is 3.32. The minimum atomic E-state index is -2.83. The van der Waals surface area contributed by atoms with Gasteiger partial charge in [0.15, 0.2) is 5.43 Å². The Hall–Kier alpha value is -0.750. The molecule has 72 valence electrons. The van der Waals surface area contributed by atoms with E-state index in [4.69, 9.17) is 5.11 Å². The number of rotatable bonds is 2. The van der Waals surface area contributed by atoms with Crippen molar-refractivity contribution in [3.8, 4) is 0 Å². The lowest BCUT2D eigenvalue weighted by Gasteiger charge is -2.03. The summed E-state index contributed by atoms with van der Waals surface area (Å²) in [6, 6.07) is 0.951. The molecule has 0 spiro atoms. The van der Waals surface area contributed by atoms with Crippen molar-refractivity contribution in [2.45, 2.75) is 13.0 Å². The molecular formula is C7H6BrF2NO2. The van der Waals surface area contributed by atoms with Crippen LogP contribution < -0.4 is 5.43 Å². The lowest BCUT2D eigenvalue weighted by Crippen LogP contribution is -2.12. The standard InChI is InChI=1S/C7H6BrF2NO2/c8-6-5(7(9)10)4(13)1-3(2-12)11-6/h1,7,12H,2H2,(H,11,13). The minimum Gasteiger partial charge on any atom is -0.390 e. The monoisotopic (exact) mass is 253 g/mol. The first kappa shape index (κ1) is 10.3. The number of aromatic nitrogens is 1. The fourth-order valence-corrected chi connectivity index (χ4v) is 1.50. The number of hydrogen-bond donors (Lipinski definition) is 2. The molecule has 0 unspecified atom stereocenters. The van der Waals surface area contributed by atoms with E-state index >= 15 is 0 Å². The van der Waals surface area contributed by atoms with E-state index in [-0.39, 0.29) is 10.3 Å². The molecule has 2 N–H and O–H groups in total. The third-order valence-corrected chi connectivity index (χ3v) is 2.09. The van der Waals surface area contributed by atoms with Gasteiger partial charge in [0.1, 0.15) is 0 Å². The molecule has 0 aromatic carbocycles. The van der Waals surface area contributed by atoms with Gasteiger partial charge in [0.05, 0.1) is 16.8 Å². The van der Waals surface area contributed by atoms with Gasteiger partial charge in [0.25, 0.3) is 6.43 Å². The van der Waals surface area contributed by atoms with E-state index in [0.717, 1.165) is 6.07 Å². The second-order valence-corrected chi connectivity index (χ2v) is 3.14. The maximum atomic E-state index is 12.2. The molecule has 0 bridgehead atoms. The number of nitrogens with one attached hydrogen (secondary N) is 1. The van der Waals surface area contributed by atoms with Gasteiger partial charge in [-0.15, -0.1) is 0 Å². The van der Waals surface area contributed by atoms with Gasteiger partial charge in [-0.25, -0.2) is 8.78 Å². The van der Waals surface area contributed by atoms with Crippen molar-refractivity contribution in [1.82, 2.24) is 4.98 Å². The van der Waals surface area contributed by atoms with Crippen LogP contribution in [0.4, 0.5) is 8.78 Å². The molecular weight excluding hydrogens is 248 g/mol. The second-order valence-electron chi connectivity index (χ2n) is 2.35. The largest absolute Gasteiger partial charge is 0.390 e. The molecule has 0 aliphatic carbocycles. The first-order valence-electron chi connectivity index (χ1n) is 3.37. The normalized spacial score (nSPS) is 10.8. The van der Waals surface area contributed by atoms with Gasteiger partial charge in [-0.2, -0.15) is 0 Å². The number of halogens is 3. The van der Waals surface area contributed by atoms with Gasteiger partial charge >= 0.3 is 0 Å². The average Bonchev–Trinajstić information content (AvgIpc) is 2.02. The first-order chi connectivity index (χ1) is 6.06. The summed E-state index contributed by atoms with van der Waals surface area (Å²) >= 11 is 2.79. The van der Waals surface area contributed by atoms with Crippen molar-refractivity contribution in [1.29, 1.82) is 0 Å². The van der Waals surface area contributed by atoms with Crippen molar-refractivity contribution in [3.05, 3.63) is 32.2 Å². The van der Waals surface area contributed by atoms with Crippen LogP contribution in [-0.4, -0.2) is 10.1 Å². The lowest BCUT2D eigenvalue weighted by molar-refractivity contribution is 0.148. The molecule has 0 aliphatic rings. The zero-order chi connectivity index (χ0) is 10.0. The number of H-pyrrole nitrogens is 1. The van der Waals surface area contributed by atoms with E-state index < -0.39 is 24.0 Å². The van der Waals surface area contributed by atoms with Crippen molar-refractivity contribution in [2.24, 2.45) is 0 Å². The van der Waals surface area contributed by atoms with Crippen LogP contribution in [0.3, 0.4) is 0 Å². The number of aliphatic hydroxyl groups excluding tert-OH is 1. The molecule has 1 aromatic rings. The van der Waals surface area contributed by atoms with Gasteiger partial charge in [-0.1, -0.05) is 0 Å². The lowest BCUT2D eigenvalue weighted by atomic mass is 10.2. The fourth-order valence-electron chi connectivity index (χ4n) is 0.877. The molecule has 0 aliphatic heterocycles. The van der Waals surface area contributed by atoms with Crippen LogP contribution in [0.25, 0.3) is 0 Å². The molecule has 0 amide bonds. The van der Waals surface area contributed by atoms with Crippen LogP contribution in [0.2, 0.25) is 0 Å². The van der Waals surface area contributed by atoms with Gasteiger partial charge in [-0.3, -0.25) is 4.79 Å². The second kappa shape index (κ2) is 3.97. The first-order valence-corrected chi connectivity index (χ1v) is 4.16. The third kappa shape index (κ3) is 2.13. The van der Waals surface area contributed by atoms with Gasteiger partial charge in [0, 0.05) is 11.8 Å². The molecule has 1 heterocycles. The number of aromatic amines is 1. The van der Waals surface area contributed by atoms with Crippen molar-refractivity contribution in [2.75, 3.05) is 0 Å². The van der Waals surface area contributed by atoms with Crippen LogP contribution in [0, 0.1) is 0 Å². The summed E-state index contributed by atoms with van der Waals surface area (Å²) in [5.41, 5.74) is -1.21. The van der Waals surface area contributed by atoms with E-state index in [1.54, 1.807) is 0 Å².